The topological polar surface area (TPSA) is 71.8 Å². The highest BCUT2D eigenvalue weighted by molar-refractivity contribution is 5.68. The minimum Gasteiger partial charge on any atom is -0.444 e. The van der Waals surface area contributed by atoms with Crippen LogP contribution in [0, 0.1) is 11.3 Å². The first-order chi connectivity index (χ1) is 8.90. The van der Waals surface area contributed by atoms with Gasteiger partial charge in [0.1, 0.15) is 12.2 Å². The summed E-state index contributed by atoms with van der Waals surface area (Å²) in [5.41, 5.74) is -0.407. The van der Waals surface area contributed by atoms with E-state index in [-0.39, 0.29) is 12.7 Å². The molecule has 110 valence electrons. The van der Waals surface area contributed by atoms with Crippen LogP contribution in [0.1, 0.15) is 27.7 Å². The molecule has 0 radical (unpaired) electrons. The fourth-order valence-corrected chi connectivity index (χ4v) is 1.22. The first-order valence-electron chi connectivity index (χ1n) is 6.41. The summed E-state index contributed by atoms with van der Waals surface area (Å²) < 4.78 is 15.0. The van der Waals surface area contributed by atoms with Crippen molar-refractivity contribution in [2.24, 2.45) is 0 Å². The molecule has 1 amide bonds. The Kier molecular flexibility index (Phi) is 8.92. The van der Waals surface area contributed by atoms with Gasteiger partial charge in [-0.25, -0.2) is 4.79 Å². The summed E-state index contributed by atoms with van der Waals surface area (Å²) in [4.78, 5) is 13.1. The van der Waals surface area contributed by atoms with Crippen LogP contribution in [0.3, 0.4) is 0 Å². The number of morpholine rings is 1. The lowest BCUT2D eigenvalue weighted by atomic mass is 10.2. The van der Waals surface area contributed by atoms with E-state index in [0.29, 0.717) is 32.9 Å². The van der Waals surface area contributed by atoms with Gasteiger partial charge in [0.2, 0.25) is 0 Å². The van der Waals surface area contributed by atoms with E-state index in [9.17, 15) is 4.79 Å². The molecule has 1 aliphatic heterocycles. The summed E-state index contributed by atoms with van der Waals surface area (Å²) >= 11 is 0. The molecule has 0 N–H and O–H groups in total. The molecular formula is C13H24N2O4. The molecule has 1 heterocycles. The zero-order valence-corrected chi connectivity index (χ0v) is 12.3. The summed E-state index contributed by atoms with van der Waals surface area (Å²) in [7, 11) is 0. The number of ether oxygens (including phenoxy) is 3. The van der Waals surface area contributed by atoms with Crippen LogP contribution >= 0.6 is 0 Å². The second-order valence-electron chi connectivity index (χ2n) is 4.88. The molecule has 6 nitrogen and oxygen atoms in total. The average Bonchev–Trinajstić information content (AvgIpc) is 2.36. The van der Waals surface area contributed by atoms with Crippen molar-refractivity contribution in [1.29, 1.82) is 5.26 Å². The molecule has 1 fully saturated rings. The predicted octanol–water partition coefficient (Wildman–Crippen LogP) is 1.80. The van der Waals surface area contributed by atoms with Crippen LogP contribution in [0.15, 0.2) is 0 Å². The molecule has 0 unspecified atom stereocenters. The first-order valence-corrected chi connectivity index (χ1v) is 6.41. The lowest BCUT2D eigenvalue weighted by molar-refractivity contribution is -0.00677. The van der Waals surface area contributed by atoms with Crippen LogP contribution < -0.4 is 0 Å². The van der Waals surface area contributed by atoms with E-state index in [1.54, 1.807) is 4.90 Å². The predicted molar refractivity (Wildman–Crippen MR) is 70.7 cm³/mol. The van der Waals surface area contributed by atoms with Gasteiger partial charge in [-0.3, -0.25) is 0 Å². The number of carbonyl (C=O) groups excluding carboxylic acids is 1. The second kappa shape index (κ2) is 9.59. The largest absolute Gasteiger partial charge is 0.444 e. The molecule has 0 saturated carbocycles. The fraction of sp³-hybridized carbons (Fsp3) is 0.846. The van der Waals surface area contributed by atoms with Crippen molar-refractivity contribution in [2.45, 2.75) is 33.3 Å². The Hall–Kier alpha value is -1.32. The van der Waals surface area contributed by atoms with Crippen LogP contribution in [0.25, 0.3) is 0 Å². The highest BCUT2D eigenvalue weighted by Gasteiger charge is 2.23. The van der Waals surface area contributed by atoms with Gasteiger partial charge in [-0.2, -0.15) is 5.26 Å². The standard InChI is InChI=1S/C9H17NO3.C4H7NO/c1-9(2,3)13-8(11)10-4-6-12-7-5-10;1-2-6-4-3-5/h4-7H2,1-3H3;2,4H2,1H3. The van der Waals surface area contributed by atoms with Gasteiger partial charge in [0.15, 0.2) is 0 Å². The van der Waals surface area contributed by atoms with Gasteiger partial charge in [-0.15, -0.1) is 0 Å². The summed E-state index contributed by atoms with van der Waals surface area (Å²) in [5.74, 6) is 0. The maximum absolute atomic E-state index is 11.5. The molecular weight excluding hydrogens is 248 g/mol. The molecule has 1 aliphatic rings. The van der Waals surface area contributed by atoms with Crippen molar-refractivity contribution < 1.29 is 19.0 Å². The number of carbonyl (C=O) groups is 1. The third-order valence-electron chi connectivity index (χ3n) is 2.03. The molecule has 1 saturated heterocycles. The molecule has 6 heteroatoms. The number of nitriles is 1. The van der Waals surface area contributed by atoms with E-state index in [4.69, 9.17) is 14.7 Å². The van der Waals surface area contributed by atoms with E-state index in [1.165, 1.54) is 0 Å². The summed E-state index contributed by atoms with van der Waals surface area (Å²) in [6.07, 6.45) is -0.240. The van der Waals surface area contributed by atoms with Crippen molar-refractivity contribution in [3.05, 3.63) is 0 Å². The third-order valence-corrected chi connectivity index (χ3v) is 2.03. The number of hydrogen-bond donors (Lipinski definition) is 0. The van der Waals surface area contributed by atoms with Crippen LogP contribution in [0.5, 0.6) is 0 Å². The maximum Gasteiger partial charge on any atom is 0.410 e. The Bertz CT molecular complexity index is 288. The normalized spacial score (nSPS) is 15.0. The summed E-state index contributed by atoms with van der Waals surface area (Å²) in [6.45, 7) is 10.8. The first kappa shape index (κ1) is 17.7. The van der Waals surface area contributed by atoms with Crippen LogP contribution in [0.4, 0.5) is 4.79 Å². The van der Waals surface area contributed by atoms with E-state index in [1.807, 2.05) is 33.8 Å². The van der Waals surface area contributed by atoms with E-state index in [0.717, 1.165) is 0 Å². The lowest BCUT2D eigenvalue weighted by Gasteiger charge is -2.29. The monoisotopic (exact) mass is 272 g/mol. The van der Waals surface area contributed by atoms with Gasteiger partial charge in [0.25, 0.3) is 0 Å². The number of rotatable bonds is 2. The molecule has 0 aliphatic carbocycles. The molecule has 1 rings (SSSR count). The Balaban J connectivity index is 0.000000459. The zero-order valence-electron chi connectivity index (χ0n) is 12.3. The van der Waals surface area contributed by atoms with Gasteiger partial charge in [0.05, 0.1) is 19.3 Å². The minimum atomic E-state index is -0.407. The summed E-state index contributed by atoms with van der Waals surface area (Å²) in [5, 5.41) is 7.82. The Morgan fingerprint density at radius 2 is 1.95 bits per heavy atom. The zero-order chi connectivity index (χ0) is 14.7. The van der Waals surface area contributed by atoms with Crippen molar-refractivity contribution in [3.8, 4) is 6.07 Å². The Morgan fingerprint density at radius 3 is 2.32 bits per heavy atom. The highest BCUT2D eigenvalue weighted by Crippen LogP contribution is 2.10. The van der Waals surface area contributed by atoms with Crippen molar-refractivity contribution in [3.63, 3.8) is 0 Å². The molecule has 0 aromatic rings. The summed E-state index contributed by atoms with van der Waals surface area (Å²) in [6, 6.07) is 1.85. The average molecular weight is 272 g/mol. The van der Waals surface area contributed by atoms with Gasteiger partial charge in [-0.05, 0) is 27.7 Å². The van der Waals surface area contributed by atoms with Crippen LogP contribution in [-0.4, -0.2) is 56.1 Å². The van der Waals surface area contributed by atoms with Gasteiger partial charge < -0.3 is 19.1 Å². The Morgan fingerprint density at radius 1 is 1.37 bits per heavy atom. The number of hydrogen-bond acceptors (Lipinski definition) is 5. The van der Waals surface area contributed by atoms with Crippen LogP contribution in [0.2, 0.25) is 0 Å². The van der Waals surface area contributed by atoms with Gasteiger partial charge in [-0.1, -0.05) is 0 Å². The van der Waals surface area contributed by atoms with Gasteiger partial charge >= 0.3 is 6.09 Å². The maximum atomic E-state index is 11.5. The number of amides is 1. The lowest BCUT2D eigenvalue weighted by Crippen LogP contribution is -2.43. The third kappa shape index (κ3) is 10.3. The van der Waals surface area contributed by atoms with E-state index >= 15 is 0 Å². The molecule has 0 aromatic heterocycles. The van der Waals surface area contributed by atoms with E-state index in [2.05, 4.69) is 4.74 Å². The molecule has 0 bridgehead atoms. The molecule has 0 aromatic carbocycles. The van der Waals surface area contributed by atoms with Crippen molar-refractivity contribution in [2.75, 3.05) is 39.5 Å². The van der Waals surface area contributed by atoms with Crippen LogP contribution in [-0.2, 0) is 14.2 Å². The van der Waals surface area contributed by atoms with Crippen molar-refractivity contribution in [1.82, 2.24) is 4.90 Å². The minimum absolute atomic E-state index is 0.219. The fourth-order valence-electron chi connectivity index (χ4n) is 1.22. The second-order valence-corrected chi connectivity index (χ2v) is 4.88. The number of nitrogens with zero attached hydrogens (tertiary/aromatic N) is 2. The molecule has 0 spiro atoms. The van der Waals surface area contributed by atoms with Crippen molar-refractivity contribution >= 4 is 6.09 Å². The highest BCUT2D eigenvalue weighted by atomic mass is 16.6. The van der Waals surface area contributed by atoms with E-state index < -0.39 is 5.60 Å². The Labute approximate surface area is 115 Å². The molecule has 19 heavy (non-hydrogen) atoms. The quantitative estimate of drug-likeness (QED) is 0.717. The molecule has 0 atom stereocenters. The SMILES string of the molecule is CC(C)(C)OC(=O)N1CCOCC1.CCOCC#N. The van der Waals surface area contributed by atoms with Gasteiger partial charge in [0, 0.05) is 19.7 Å². The smallest absolute Gasteiger partial charge is 0.410 e.